The van der Waals surface area contributed by atoms with Gasteiger partial charge in [0.05, 0.1) is 0 Å². The van der Waals surface area contributed by atoms with Crippen molar-refractivity contribution in [3.63, 3.8) is 0 Å². The van der Waals surface area contributed by atoms with E-state index in [9.17, 15) is 4.39 Å². The van der Waals surface area contributed by atoms with Gasteiger partial charge in [-0.15, -0.1) is 0 Å². The van der Waals surface area contributed by atoms with Crippen molar-refractivity contribution in [2.45, 2.75) is 32.9 Å². The van der Waals surface area contributed by atoms with Crippen LogP contribution in [-0.4, -0.2) is 16.0 Å². The van der Waals surface area contributed by atoms with E-state index in [0.717, 1.165) is 17.8 Å². The highest BCUT2D eigenvalue weighted by atomic mass is 19.1. The standard InChI is InChI=1S/C15H19FN4/c1-3-11(2)19-15-17-9-8-14(20-15)18-10-12-4-6-13(16)7-5-12/h4-9,11H,3,10H2,1-2H3,(H2,17,18,19,20). The summed E-state index contributed by atoms with van der Waals surface area (Å²) in [5.41, 5.74) is 1.00. The molecule has 0 radical (unpaired) electrons. The lowest BCUT2D eigenvalue weighted by atomic mass is 10.2. The first-order valence-electron chi connectivity index (χ1n) is 6.75. The Morgan fingerprint density at radius 2 is 1.95 bits per heavy atom. The van der Waals surface area contributed by atoms with Crippen LogP contribution in [0.25, 0.3) is 0 Å². The van der Waals surface area contributed by atoms with Crippen LogP contribution in [0.2, 0.25) is 0 Å². The van der Waals surface area contributed by atoms with E-state index < -0.39 is 0 Å². The molecular weight excluding hydrogens is 255 g/mol. The van der Waals surface area contributed by atoms with E-state index in [2.05, 4.69) is 34.4 Å². The second-order valence-corrected chi connectivity index (χ2v) is 4.70. The number of hydrogen-bond acceptors (Lipinski definition) is 4. The number of nitrogens with one attached hydrogen (secondary N) is 2. The van der Waals surface area contributed by atoms with Gasteiger partial charge >= 0.3 is 0 Å². The minimum atomic E-state index is -0.226. The molecule has 0 fully saturated rings. The fraction of sp³-hybridized carbons (Fsp3) is 0.333. The molecule has 0 saturated carbocycles. The van der Waals surface area contributed by atoms with E-state index in [0.29, 0.717) is 18.5 Å². The molecule has 4 nitrogen and oxygen atoms in total. The maximum absolute atomic E-state index is 12.8. The Morgan fingerprint density at radius 1 is 1.20 bits per heavy atom. The number of halogens is 1. The highest BCUT2D eigenvalue weighted by molar-refractivity contribution is 5.40. The first-order chi connectivity index (χ1) is 9.67. The molecule has 0 aliphatic heterocycles. The Hall–Kier alpha value is -2.17. The van der Waals surface area contributed by atoms with Gasteiger partial charge in [-0.3, -0.25) is 0 Å². The molecule has 0 aliphatic carbocycles. The van der Waals surface area contributed by atoms with Gasteiger partial charge in [0.2, 0.25) is 5.95 Å². The van der Waals surface area contributed by atoms with Crippen molar-refractivity contribution in [3.05, 3.63) is 47.9 Å². The topological polar surface area (TPSA) is 49.8 Å². The summed E-state index contributed by atoms with van der Waals surface area (Å²) in [4.78, 5) is 8.57. The van der Waals surface area contributed by atoms with Gasteiger partial charge in [0, 0.05) is 18.8 Å². The van der Waals surface area contributed by atoms with Crippen LogP contribution >= 0.6 is 0 Å². The molecule has 1 unspecified atom stereocenters. The predicted octanol–water partition coefficient (Wildman–Crippen LogP) is 3.44. The smallest absolute Gasteiger partial charge is 0.224 e. The van der Waals surface area contributed by atoms with Crippen LogP contribution in [0.4, 0.5) is 16.2 Å². The highest BCUT2D eigenvalue weighted by Crippen LogP contribution is 2.10. The van der Waals surface area contributed by atoms with E-state index in [-0.39, 0.29) is 5.82 Å². The number of anilines is 2. The number of nitrogens with zero attached hydrogens (tertiary/aromatic N) is 2. The molecule has 5 heteroatoms. The number of hydrogen-bond donors (Lipinski definition) is 2. The van der Waals surface area contributed by atoms with Gasteiger partial charge < -0.3 is 10.6 Å². The summed E-state index contributed by atoms with van der Waals surface area (Å²) in [7, 11) is 0. The van der Waals surface area contributed by atoms with Gasteiger partial charge in [0.15, 0.2) is 0 Å². The quantitative estimate of drug-likeness (QED) is 0.847. The monoisotopic (exact) mass is 274 g/mol. The molecule has 1 aromatic carbocycles. The van der Waals surface area contributed by atoms with Crippen molar-refractivity contribution in [1.82, 2.24) is 9.97 Å². The van der Waals surface area contributed by atoms with Crippen molar-refractivity contribution >= 4 is 11.8 Å². The lowest BCUT2D eigenvalue weighted by Crippen LogP contribution is -2.16. The van der Waals surface area contributed by atoms with Crippen LogP contribution in [0.15, 0.2) is 36.5 Å². The maximum Gasteiger partial charge on any atom is 0.224 e. The van der Waals surface area contributed by atoms with Crippen LogP contribution < -0.4 is 10.6 Å². The minimum Gasteiger partial charge on any atom is -0.366 e. The number of benzene rings is 1. The fourth-order valence-electron chi connectivity index (χ4n) is 1.64. The molecule has 0 aliphatic rings. The van der Waals surface area contributed by atoms with Crippen LogP contribution in [0, 0.1) is 5.82 Å². The summed E-state index contributed by atoms with van der Waals surface area (Å²) in [6.07, 6.45) is 2.72. The second-order valence-electron chi connectivity index (χ2n) is 4.70. The van der Waals surface area contributed by atoms with Gasteiger partial charge in [-0.25, -0.2) is 9.37 Å². The van der Waals surface area contributed by atoms with Gasteiger partial charge in [-0.1, -0.05) is 19.1 Å². The fourth-order valence-corrected chi connectivity index (χ4v) is 1.64. The largest absolute Gasteiger partial charge is 0.366 e. The molecule has 2 N–H and O–H groups in total. The highest BCUT2D eigenvalue weighted by Gasteiger charge is 2.03. The lowest BCUT2D eigenvalue weighted by molar-refractivity contribution is 0.627. The molecule has 0 spiro atoms. The van der Waals surface area contributed by atoms with Crippen molar-refractivity contribution in [2.24, 2.45) is 0 Å². The Bertz CT molecular complexity index is 542. The molecule has 20 heavy (non-hydrogen) atoms. The third kappa shape index (κ3) is 4.19. The van der Waals surface area contributed by atoms with E-state index >= 15 is 0 Å². The molecule has 1 aromatic heterocycles. The molecule has 2 aromatic rings. The molecule has 0 amide bonds. The first kappa shape index (κ1) is 14.2. The van der Waals surface area contributed by atoms with E-state index in [1.165, 1.54) is 12.1 Å². The Labute approximate surface area is 118 Å². The van der Waals surface area contributed by atoms with Crippen LogP contribution in [0.1, 0.15) is 25.8 Å². The van der Waals surface area contributed by atoms with Gasteiger partial charge in [0.1, 0.15) is 11.6 Å². The molecule has 106 valence electrons. The number of rotatable bonds is 6. The zero-order chi connectivity index (χ0) is 14.4. The summed E-state index contributed by atoms with van der Waals surface area (Å²) in [5, 5.41) is 6.42. The third-order valence-electron chi connectivity index (χ3n) is 3.03. The molecule has 1 heterocycles. The Balaban J connectivity index is 1.95. The molecule has 1 atom stereocenters. The number of aromatic nitrogens is 2. The van der Waals surface area contributed by atoms with Crippen LogP contribution in [-0.2, 0) is 6.54 Å². The maximum atomic E-state index is 12.8. The third-order valence-corrected chi connectivity index (χ3v) is 3.03. The molecule has 0 bridgehead atoms. The first-order valence-corrected chi connectivity index (χ1v) is 6.75. The van der Waals surface area contributed by atoms with Crippen LogP contribution in [0.3, 0.4) is 0 Å². The molecule has 0 saturated heterocycles. The van der Waals surface area contributed by atoms with Crippen LogP contribution in [0.5, 0.6) is 0 Å². The molecule has 2 rings (SSSR count). The van der Waals surface area contributed by atoms with Gasteiger partial charge in [-0.05, 0) is 37.1 Å². The van der Waals surface area contributed by atoms with Crippen molar-refractivity contribution in [3.8, 4) is 0 Å². The average molecular weight is 274 g/mol. The predicted molar refractivity (Wildman–Crippen MR) is 79.1 cm³/mol. The summed E-state index contributed by atoms with van der Waals surface area (Å²) in [6.45, 7) is 4.79. The lowest BCUT2D eigenvalue weighted by Gasteiger charge is -2.12. The zero-order valence-electron chi connectivity index (χ0n) is 11.7. The second kappa shape index (κ2) is 6.84. The van der Waals surface area contributed by atoms with Crippen molar-refractivity contribution in [1.29, 1.82) is 0 Å². The summed E-state index contributed by atoms with van der Waals surface area (Å²) in [5.74, 6) is 1.13. The Kier molecular flexibility index (Phi) is 4.87. The summed E-state index contributed by atoms with van der Waals surface area (Å²) >= 11 is 0. The summed E-state index contributed by atoms with van der Waals surface area (Å²) < 4.78 is 12.8. The van der Waals surface area contributed by atoms with Crippen molar-refractivity contribution in [2.75, 3.05) is 10.6 Å². The Morgan fingerprint density at radius 3 is 2.65 bits per heavy atom. The molecular formula is C15H19FN4. The zero-order valence-corrected chi connectivity index (χ0v) is 11.7. The van der Waals surface area contributed by atoms with Crippen molar-refractivity contribution < 1.29 is 4.39 Å². The minimum absolute atomic E-state index is 0.226. The SMILES string of the molecule is CCC(C)Nc1nccc(NCc2ccc(F)cc2)n1. The van der Waals surface area contributed by atoms with E-state index in [1.807, 2.05) is 6.07 Å². The summed E-state index contributed by atoms with van der Waals surface area (Å²) in [6, 6.07) is 8.55. The van der Waals surface area contributed by atoms with E-state index in [1.54, 1.807) is 18.3 Å². The van der Waals surface area contributed by atoms with E-state index in [4.69, 9.17) is 0 Å². The normalized spacial score (nSPS) is 11.9. The average Bonchev–Trinajstić information content (AvgIpc) is 2.47. The van der Waals surface area contributed by atoms with Gasteiger partial charge in [-0.2, -0.15) is 4.98 Å². The van der Waals surface area contributed by atoms with Gasteiger partial charge in [0.25, 0.3) is 0 Å².